The van der Waals surface area contributed by atoms with Gasteiger partial charge >= 0.3 is 0 Å². The normalized spacial score (nSPS) is 11.0. The molecule has 0 atom stereocenters. The zero-order valence-electron chi connectivity index (χ0n) is 12.9. The molecule has 0 bridgehead atoms. The van der Waals surface area contributed by atoms with Gasteiger partial charge in [0.25, 0.3) is 0 Å². The van der Waals surface area contributed by atoms with E-state index in [1.165, 1.54) is 27.8 Å². The topological polar surface area (TPSA) is 33.6 Å². The van der Waals surface area contributed by atoms with E-state index in [9.17, 15) is 8.78 Å². The van der Waals surface area contributed by atoms with Gasteiger partial charge in [-0.15, -0.1) is 11.8 Å². The third kappa shape index (κ3) is 3.57. The number of rotatable bonds is 5. The van der Waals surface area contributed by atoms with E-state index in [0.29, 0.717) is 11.6 Å². The van der Waals surface area contributed by atoms with Crippen LogP contribution in [0.5, 0.6) is 0 Å². The lowest BCUT2D eigenvalue weighted by Gasteiger charge is -2.09. The summed E-state index contributed by atoms with van der Waals surface area (Å²) in [5.74, 6) is 0.680. The Morgan fingerprint density at radius 3 is 2.71 bits per heavy atom. The smallest absolute Gasteiger partial charge is 0.199 e. The monoisotopic (exact) mass is 363 g/mol. The number of halogens is 2. The summed E-state index contributed by atoms with van der Waals surface area (Å²) in [5, 5.41) is 6.85. The number of aryl methyl sites for hydroxylation is 1. The van der Waals surface area contributed by atoms with Gasteiger partial charge in [-0.3, -0.25) is 9.67 Å². The lowest BCUT2D eigenvalue weighted by atomic mass is 10.1. The van der Waals surface area contributed by atoms with Crippen LogP contribution in [0.15, 0.2) is 42.5 Å². The number of benzene rings is 2. The van der Waals surface area contributed by atoms with Gasteiger partial charge in [0, 0.05) is 11.8 Å². The molecule has 0 amide bonds. The molecule has 1 heterocycles. The molecule has 0 spiro atoms. The molecule has 0 fully saturated rings. The average Bonchev–Trinajstić information content (AvgIpc) is 2.90. The van der Waals surface area contributed by atoms with E-state index in [4.69, 9.17) is 12.2 Å². The average molecular weight is 363 g/mol. The highest BCUT2D eigenvalue weighted by Crippen LogP contribution is 2.22. The van der Waals surface area contributed by atoms with Crippen LogP contribution in [0.1, 0.15) is 17.0 Å². The molecule has 3 aromatic rings. The van der Waals surface area contributed by atoms with Crippen LogP contribution in [0, 0.1) is 23.3 Å². The fourth-order valence-corrected chi connectivity index (χ4v) is 3.63. The van der Waals surface area contributed by atoms with Crippen LogP contribution in [-0.4, -0.2) is 14.8 Å². The van der Waals surface area contributed by atoms with E-state index in [1.54, 1.807) is 11.8 Å². The second-order valence-corrected chi connectivity index (χ2v) is 6.67. The minimum atomic E-state index is -0.669. The maximum atomic E-state index is 14.1. The van der Waals surface area contributed by atoms with E-state index in [2.05, 4.69) is 29.3 Å². The zero-order valence-corrected chi connectivity index (χ0v) is 14.6. The molecule has 3 nitrogen and oxygen atoms in total. The van der Waals surface area contributed by atoms with Gasteiger partial charge < -0.3 is 0 Å². The minimum absolute atomic E-state index is 0.196. The van der Waals surface area contributed by atoms with E-state index in [-0.39, 0.29) is 10.5 Å². The Morgan fingerprint density at radius 2 is 1.96 bits per heavy atom. The third-order valence-corrected chi connectivity index (χ3v) is 4.89. The predicted molar refractivity (Wildman–Crippen MR) is 94.8 cm³/mol. The highest BCUT2D eigenvalue weighted by Gasteiger charge is 2.13. The first-order chi connectivity index (χ1) is 11.6. The van der Waals surface area contributed by atoms with Gasteiger partial charge in [0.05, 0.1) is 11.4 Å². The molecule has 1 aromatic heterocycles. The number of aromatic nitrogens is 3. The van der Waals surface area contributed by atoms with E-state index < -0.39 is 11.6 Å². The second-order valence-electron chi connectivity index (χ2n) is 5.30. The molecule has 124 valence electrons. The second kappa shape index (κ2) is 7.27. The number of H-pyrrole nitrogens is 1. The summed E-state index contributed by atoms with van der Waals surface area (Å²) in [5.41, 5.74) is 2.67. The number of nitrogens with zero attached hydrogens (tertiary/aromatic N) is 2. The van der Waals surface area contributed by atoms with Gasteiger partial charge in [0.1, 0.15) is 17.5 Å². The standard InChI is InChI=1S/C17H15F2N3S2/c1-11-4-2-3-5-12(11)9-24-10-16-20-21-17(23)22(16)15-7-6-13(18)8-14(15)19/h2-8H,9-10H2,1H3,(H,21,23). The van der Waals surface area contributed by atoms with Crippen LogP contribution >= 0.6 is 24.0 Å². The van der Waals surface area contributed by atoms with Gasteiger partial charge in [0.2, 0.25) is 0 Å². The Labute approximate surface area is 147 Å². The van der Waals surface area contributed by atoms with Crippen molar-refractivity contribution in [2.24, 2.45) is 0 Å². The van der Waals surface area contributed by atoms with Crippen molar-refractivity contribution in [3.63, 3.8) is 0 Å². The minimum Gasteiger partial charge on any atom is -0.268 e. The zero-order chi connectivity index (χ0) is 17.1. The maximum absolute atomic E-state index is 14.1. The van der Waals surface area contributed by atoms with Crippen LogP contribution in [-0.2, 0) is 11.5 Å². The molecular weight excluding hydrogens is 348 g/mol. The van der Waals surface area contributed by atoms with Crippen molar-refractivity contribution >= 4 is 24.0 Å². The first kappa shape index (κ1) is 16.9. The molecule has 0 aliphatic carbocycles. The van der Waals surface area contributed by atoms with Gasteiger partial charge in [-0.25, -0.2) is 8.78 Å². The molecule has 3 rings (SSSR count). The van der Waals surface area contributed by atoms with Crippen LogP contribution in [0.25, 0.3) is 5.69 Å². The summed E-state index contributed by atoms with van der Waals surface area (Å²) in [4.78, 5) is 0. The van der Waals surface area contributed by atoms with Crippen molar-refractivity contribution in [1.82, 2.24) is 14.8 Å². The van der Waals surface area contributed by atoms with Crippen molar-refractivity contribution in [3.8, 4) is 5.69 Å². The highest BCUT2D eigenvalue weighted by atomic mass is 32.2. The summed E-state index contributed by atoms with van der Waals surface area (Å²) in [6.45, 7) is 2.07. The Bertz CT molecular complexity index is 918. The van der Waals surface area contributed by atoms with Crippen molar-refractivity contribution in [1.29, 1.82) is 0 Å². The van der Waals surface area contributed by atoms with Crippen LogP contribution in [0.2, 0.25) is 0 Å². The number of nitrogens with one attached hydrogen (secondary N) is 1. The molecule has 1 N–H and O–H groups in total. The molecular formula is C17H15F2N3S2. The highest BCUT2D eigenvalue weighted by molar-refractivity contribution is 7.97. The Morgan fingerprint density at radius 1 is 1.17 bits per heavy atom. The van der Waals surface area contributed by atoms with E-state index >= 15 is 0 Å². The Balaban J connectivity index is 1.80. The summed E-state index contributed by atoms with van der Waals surface area (Å²) in [6, 6.07) is 11.6. The lowest BCUT2D eigenvalue weighted by Crippen LogP contribution is -2.03. The van der Waals surface area contributed by atoms with Gasteiger partial charge in [0.15, 0.2) is 4.77 Å². The molecule has 2 aromatic carbocycles. The number of thioether (sulfide) groups is 1. The van der Waals surface area contributed by atoms with Gasteiger partial charge in [-0.2, -0.15) is 5.10 Å². The van der Waals surface area contributed by atoms with Crippen molar-refractivity contribution < 1.29 is 8.78 Å². The first-order valence-electron chi connectivity index (χ1n) is 7.30. The van der Waals surface area contributed by atoms with Crippen molar-refractivity contribution in [2.75, 3.05) is 0 Å². The largest absolute Gasteiger partial charge is 0.268 e. The molecule has 0 aliphatic heterocycles. The van der Waals surface area contributed by atoms with Crippen LogP contribution in [0.4, 0.5) is 8.78 Å². The Hall–Kier alpha value is -1.99. The van der Waals surface area contributed by atoms with E-state index in [1.807, 2.05) is 12.1 Å². The van der Waals surface area contributed by atoms with Crippen molar-refractivity contribution in [3.05, 3.63) is 75.8 Å². The summed E-state index contributed by atoms with van der Waals surface area (Å²) in [7, 11) is 0. The molecule has 0 unspecified atom stereocenters. The van der Waals surface area contributed by atoms with E-state index in [0.717, 1.165) is 11.8 Å². The van der Waals surface area contributed by atoms with Crippen molar-refractivity contribution in [2.45, 2.75) is 18.4 Å². The Kier molecular flexibility index (Phi) is 5.11. The number of aromatic amines is 1. The summed E-state index contributed by atoms with van der Waals surface area (Å²) in [6.07, 6.45) is 0. The third-order valence-electron chi connectivity index (χ3n) is 3.64. The molecule has 0 saturated heterocycles. The quantitative estimate of drug-likeness (QED) is 0.651. The van der Waals surface area contributed by atoms with Crippen LogP contribution < -0.4 is 0 Å². The van der Waals surface area contributed by atoms with Crippen LogP contribution in [0.3, 0.4) is 0 Å². The predicted octanol–water partition coefficient (Wildman–Crippen LogP) is 4.95. The first-order valence-corrected chi connectivity index (χ1v) is 8.86. The SMILES string of the molecule is Cc1ccccc1CSCc1n[nH]c(=S)n1-c1ccc(F)cc1F. The van der Waals surface area contributed by atoms with Gasteiger partial charge in [-0.05, 0) is 42.4 Å². The maximum Gasteiger partial charge on any atom is 0.199 e. The molecule has 24 heavy (non-hydrogen) atoms. The fourth-order valence-electron chi connectivity index (χ4n) is 2.36. The molecule has 0 aliphatic rings. The number of hydrogen-bond acceptors (Lipinski definition) is 3. The molecule has 7 heteroatoms. The summed E-state index contributed by atoms with van der Waals surface area (Å²) < 4.78 is 29.0. The fraction of sp³-hybridized carbons (Fsp3) is 0.176. The molecule has 0 radical (unpaired) electrons. The number of hydrogen-bond donors (Lipinski definition) is 1. The summed E-state index contributed by atoms with van der Waals surface area (Å²) >= 11 is 6.85. The molecule has 0 saturated carbocycles. The van der Waals surface area contributed by atoms with Gasteiger partial charge in [-0.1, -0.05) is 24.3 Å². The lowest BCUT2D eigenvalue weighted by molar-refractivity contribution is 0.576.